The fraction of sp³-hybridized carbons (Fsp3) is 0.611. The normalized spacial score (nSPS) is 11.6. The van der Waals surface area contributed by atoms with Crippen LogP contribution >= 0.6 is 0 Å². The Hall–Kier alpha value is -1.55. The predicted octanol–water partition coefficient (Wildman–Crippen LogP) is 2.98. The molecule has 1 rings (SSSR count). The fourth-order valence-electron chi connectivity index (χ4n) is 2.41. The van der Waals surface area contributed by atoms with Gasteiger partial charge in [-0.3, -0.25) is 4.79 Å². The molecule has 1 amide bonds. The molecule has 0 aromatic heterocycles. The lowest BCUT2D eigenvalue weighted by atomic mass is 9.84. The summed E-state index contributed by atoms with van der Waals surface area (Å²) in [5.74, 6) is 0.619. The van der Waals surface area contributed by atoms with E-state index in [1.165, 1.54) is 0 Å². The molecule has 0 spiro atoms. The summed E-state index contributed by atoms with van der Waals surface area (Å²) in [6.45, 7) is 10.0. The summed E-state index contributed by atoms with van der Waals surface area (Å²) in [6, 6.07) is 4.00. The number of hydrogen-bond donors (Lipinski definition) is 1. The molecule has 124 valence electrons. The van der Waals surface area contributed by atoms with E-state index in [0.29, 0.717) is 17.9 Å². The highest BCUT2D eigenvalue weighted by Crippen LogP contribution is 2.35. The van der Waals surface area contributed by atoms with Gasteiger partial charge in [0.2, 0.25) is 0 Å². The van der Waals surface area contributed by atoms with Crippen LogP contribution in [0, 0.1) is 6.92 Å². The van der Waals surface area contributed by atoms with Gasteiger partial charge in [0, 0.05) is 12.1 Å². The number of benzene rings is 1. The largest absolute Gasteiger partial charge is 0.496 e. The first-order chi connectivity index (χ1) is 10.2. The van der Waals surface area contributed by atoms with Gasteiger partial charge in [-0.25, -0.2) is 0 Å². The number of nitrogens with one attached hydrogen (secondary N) is 1. The van der Waals surface area contributed by atoms with Crippen LogP contribution in [0.3, 0.4) is 0 Å². The van der Waals surface area contributed by atoms with E-state index in [-0.39, 0.29) is 11.3 Å². The molecule has 0 bridgehead atoms. The Morgan fingerprint density at radius 3 is 2.41 bits per heavy atom. The van der Waals surface area contributed by atoms with Crippen molar-refractivity contribution in [1.82, 2.24) is 10.2 Å². The van der Waals surface area contributed by atoms with Crippen molar-refractivity contribution in [3.63, 3.8) is 0 Å². The number of nitrogens with zero attached hydrogens (tertiary/aromatic N) is 1. The molecule has 0 saturated heterocycles. The number of hydrogen-bond acceptors (Lipinski definition) is 3. The minimum atomic E-state index is -0.0721. The van der Waals surface area contributed by atoms with E-state index < -0.39 is 0 Å². The topological polar surface area (TPSA) is 41.6 Å². The van der Waals surface area contributed by atoms with Gasteiger partial charge in [-0.05, 0) is 51.0 Å². The standard InChI is InChI=1S/C18H30N2O2/c1-13-11-14(17(21)19-9-8-10-20(5)6)16(22-7)15(12-13)18(2,3)4/h11-12H,8-10H2,1-7H3,(H,19,21). The number of carbonyl (C=O) groups excluding carboxylic acids is 1. The lowest BCUT2D eigenvalue weighted by molar-refractivity contribution is 0.0949. The molecule has 1 N–H and O–H groups in total. The minimum absolute atomic E-state index is 0.0650. The second-order valence-electron chi connectivity index (χ2n) is 7.06. The van der Waals surface area contributed by atoms with Crippen molar-refractivity contribution in [2.24, 2.45) is 0 Å². The van der Waals surface area contributed by atoms with Crippen molar-refractivity contribution in [2.45, 2.75) is 39.5 Å². The van der Waals surface area contributed by atoms with Crippen LogP contribution in [0.15, 0.2) is 12.1 Å². The van der Waals surface area contributed by atoms with Gasteiger partial charge in [0.1, 0.15) is 5.75 Å². The first-order valence-electron chi connectivity index (χ1n) is 7.79. The third-order valence-electron chi connectivity index (χ3n) is 3.56. The molecule has 0 radical (unpaired) electrons. The first kappa shape index (κ1) is 18.5. The predicted molar refractivity (Wildman–Crippen MR) is 91.9 cm³/mol. The second kappa shape index (κ2) is 7.63. The second-order valence-corrected chi connectivity index (χ2v) is 7.06. The van der Waals surface area contributed by atoms with Crippen LogP contribution in [0.1, 0.15) is 48.7 Å². The summed E-state index contributed by atoms with van der Waals surface area (Å²) in [6.07, 6.45) is 0.930. The summed E-state index contributed by atoms with van der Waals surface area (Å²) in [7, 11) is 5.69. The molecule has 1 aromatic rings. The monoisotopic (exact) mass is 306 g/mol. The zero-order chi connectivity index (χ0) is 16.9. The average molecular weight is 306 g/mol. The summed E-state index contributed by atoms with van der Waals surface area (Å²) in [4.78, 5) is 14.6. The Labute approximate surface area is 134 Å². The van der Waals surface area contributed by atoms with Gasteiger partial charge in [-0.2, -0.15) is 0 Å². The van der Waals surface area contributed by atoms with Gasteiger partial charge in [-0.15, -0.1) is 0 Å². The molecule has 4 nitrogen and oxygen atoms in total. The van der Waals surface area contributed by atoms with E-state index in [9.17, 15) is 4.79 Å². The molecular formula is C18H30N2O2. The molecule has 0 atom stereocenters. The highest BCUT2D eigenvalue weighted by atomic mass is 16.5. The molecule has 4 heteroatoms. The Morgan fingerprint density at radius 2 is 1.91 bits per heavy atom. The van der Waals surface area contributed by atoms with Crippen molar-refractivity contribution in [3.05, 3.63) is 28.8 Å². The van der Waals surface area contributed by atoms with Gasteiger partial charge >= 0.3 is 0 Å². The third kappa shape index (κ3) is 5.02. The average Bonchev–Trinajstić information content (AvgIpc) is 2.41. The molecule has 0 aliphatic heterocycles. The van der Waals surface area contributed by atoms with E-state index in [1.54, 1.807) is 7.11 Å². The van der Waals surface area contributed by atoms with Crippen molar-refractivity contribution < 1.29 is 9.53 Å². The van der Waals surface area contributed by atoms with Crippen molar-refractivity contribution in [1.29, 1.82) is 0 Å². The van der Waals surface area contributed by atoms with Crippen LogP contribution in [0.4, 0.5) is 0 Å². The van der Waals surface area contributed by atoms with E-state index in [2.05, 4.69) is 37.1 Å². The molecule has 0 aliphatic carbocycles. The van der Waals surface area contributed by atoms with Gasteiger partial charge in [0.05, 0.1) is 12.7 Å². The summed E-state index contributed by atoms with van der Waals surface area (Å²) in [5, 5.41) is 2.99. The van der Waals surface area contributed by atoms with Gasteiger partial charge in [-0.1, -0.05) is 26.8 Å². The van der Waals surface area contributed by atoms with Gasteiger partial charge in [0.25, 0.3) is 5.91 Å². The van der Waals surface area contributed by atoms with Gasteiger partial charge in [0.15, 0.2) is 0 Å². The molecule has 0 unspecified atom stereocenters. The highest BCUT2D eigenvalue weighted by Gasteiger charge is 2.24. The smallest absolute Gasteiger partial charge is 0.255 e. The maximum absolute atomic E-state index is 12.5. The van der Waals surface area contributed by atoms with E-state index in [1.807, 2.05) is 27.1 Å². The van der Waals surface area contributed by atoms with E-state index >= 15 is 0 Å². The maximum Gasteiger partial charge on any atom is 0.255 e. The minimum Gasteiger partial charge on any atom is -0.496 e. The van der Waals surface area contributed by atoms with Crippen molar-refractivity contribution in [2.75, 3.05) is 34.3 Å². The summed E-state index contributed by atoms with van der Waals surface area (Å²) >= 11 is 0. The zero-order valence-corrected chi connectivity index (χ0v) is 15.0. The third-order valence-corrected chi connectivity index (χ3v) is 3.56. The lowest BCUT2D eigenvalue weighted by Gasteiger charge is -2.24. The van der Waals surface area contributed by atoms with Crippen LogP contribution < -0.4 is 10.1 Å². The number of amides is 1. The lowest BCUT2D eigenvalue weighted by Crippen LogP contribution is -2.28. The number of aryl methyl sites for hydroxylation is 1. The van der Waals surface area contributed by atoms with Crippen LogP contribution in [-0.4, -0.2) is 45.1 Å². The van der Waals surface area contributed by atoms with E-state index in [0.717, 1.165) is 24.1 Å². The SMILES string of the molecule is COc1c(C(=O)NCCCN(C)C)cc(C)cc1C(C)(C)C. The molecule has 0 heterocycles. The molecule has 0 fully saturated rings. The molecule has 0 saturated carbocycles. The van der Waals surface area contributed by atoms with Crippen LogP contribution in [0.5, 0.6) is 5.75 Å². The quantitative estimate of drug-likeness (QED) is 0.822. The molecule has 0 aliphatic rings. The number of methoxy groups -OCH3 is 1. The number of carbonyl (C=O) groups is 1. The van der Waals surface area contributed by atoms with Crippen molar-refractivity contribution in [3.8, 4) is 5.75 Å². The summed E-state index contributed by atoms with van der Waals surface area (Å²) in [5.41, 5.74) is 2.69. The molecule has 22 heavy (non-hydrogen) atoms. The number of rotatable bonds is 6. The van der Waals surface area contributed by atoms with Gasteiger partial charge < -0.3 is 15.0 Å². The molecular weight excluding hydrogens is 276 g/mol. The maximum atomic E-state index is 12.5. The Morgan fingerprint density at radius 1 is 1.27 bits per heavy atom. The van der Waals surface area contributed by atoms with Crippen LogP contribution in [0.25, 0.3) is 0 Å². The Bertz CT molecular complexity index is 517. The van der Waals surface area contributed by atoms with Crippen molar-refractivity contribution >= 4 is 5.91 Å². The Balaban J connectivity index is 2.98. The van der Waals surface area contributed by atoms with Crippen LogP contribution in [0.2, 0.25) is 0 Å². The summed E-state index contributed by atoms with van der Waals surface area (Å²) < 4.78 is 5.55. The van der Waals surface area contributed by atoms with Crippen LogP contribution in [-0.2, 0) is 5.41 Å². The first-order valence-corrected chi connectivity index (χ1v) is 7.79. The molecule has 1 aromatic carbocycles. The Kier molecular flexibility index (Phi) is 6.42. The van der Waals surface area contributed by atoms with E-state index in [4.69, 9.17) is 4.74 Å². The fourth-order valence-corrected chi connectivity index (χ4v) is 2.41. The highest BCUT2D eigenvalue weighted by molar-refractivity contribution is 5.97. The number of ether oxygens (including phenoxy) is 1. The zero-order valence-electron chi connectivity index (χ0n) is 15.0.